The number of nitrogens with zero attached hydrogens (tertiary/aromatic N) is 1. The molecule has 0 aliphatic heterocycles. The Morgan fingerprint density at radius 1 is 1.44 bits per heavy atom. The van der Waals surface area contributed by atoms with E-state index >= 15 is 0 Å². The van der Waals surface area contributed by atoms with Crippen molar-refractivity contribution >= 4 is 21.6 Å². The van der Waals surface area contributed by atoms with Crippen molar-refractivity contribution in [3.8, 4) is 0 Å². The van der Waals surface area contributed by atoms with Gasteiger partial charge in [-0.3, -0.25) is 9.78 Å². The molecule has 1 heterocycles. The normalized spacial score (nSPS) is 11.2. The molecule has 0 spiro atoms. The zero-order chi connectivity index (χ0) is 13.6. The van der Waals surface area contributed by atoms with Crippen LogP contribution >= 0.6 is 0 Å². The van der Waals surface area contributed by atoms with Crippen LogP contribution in [-0.4, -0.2) is 38.7 Å². The molecule has 1 aromatic heterocycles. The molecule has 0 aromatic carbocycles. The summed E-state index contributed by atoms with van der Waals surface area (Å²) in [4.78, 5) is 15.5. The van der Waals surface area contributed by atoms with Gasteiger partial charge in [-0.15, -0.1) is 0 Å². The minimum Gasteiger partial charge on any atom is -0.399 e. The van der Waals surface area contributed by atoms with E-state index in [4.69, 9.17) is 5.73 Å². The third-order valence-electron chi connectivity index (χ3n) is 2.02. The molecule has 7 nitrogen and oxygen atoms in total. The molecule has 1 amide bonds. The van der Waals surface area contributed by atoms with Gasteiger partial charge in [0.25, 0.3) is 5.91 Å². The highest BCUT2D eigenvalue weighted by Crippen LogP contribution is 2.02. The molecule has 4 N–H and O–H groups in total. The highest BCUT2D eigenvalue weighted by molar-refractivity contribution is 7.88. The van der Waals surface area contributed by atoms with Gasteiger partial charge >= 0.3 is 0 Å². The minimum atomic E-state index is -3.17. The first-order chi connectivity index (χ1) is 8.38. The quantitative estimate of drug-likeness (QED) is 0.594. The Balaban J connectivity index is 2.30. The van der Waals surface area contributed by atoms with Crippen LogP contribution in [0.4, 0.5) is 5.69 Å². The van der Waals surface area contributed by atoms with Gasteiger partial charge < -0.3 is 11.1 Å². The van der Waals surface area contributed by atoms with Crippen LogP contribution < -0.4 is 15.8 Å². The monoisotopic (exact) mass is 272 g/mol. The average molecular weight is 272 g/mol. The highest BCUT2D eigenvalue weighted by Gasteiger charge is 2.06. The Bertz CT molecular complexity index is 516. The van der Waals surface area contributed by atoms with Crippen LogP contribution in [0.15, 0.2) is 18.3 Å². The minimum absolute atomic E-state index is 0.242. The van der Waals surface area contributed by atoms with E-state index in [1.165, 1.54) is 12.3 Å². The van der Waals surface area contributed by atoms with E-state index in [0.29, 0.717) is 18.7 Å². The van der Waals surface area contributed by atoms with E-state index < -0.39 is 10.0 Å². The van der Waals surface area contributed by atoms with Crippen LogP contribution in [0.25, 0.3) is 0 Å². The number of nitrogens with one attached hydrogen (secondary N) is 2. The SMILES string of the molecule is CS(=O)(=O)NCCCNC(=O)c1cc(N)ccn1. The number of hydrogen-bond donors (Lipinski definition) is 3. The molecule has 0 saturated carbocycles. The second-order valence-electron chi connectivity index (χ2n) is 3.75. The first-order valence-electron chi connectivity index (χ1n) is 5.33. The number of pyridine rings is 1. The molecule has 0 unspecified atom stereocenters. The van der Waals surface area contributed by atoms with Crippen molar-refractivity contribution in [3.63, 3.8) is 0 Å². The fraction of sp³-hybridized carbons (Fsp3) is 0.400. The Hall–Kier alpha value is -1.67. The number of nitrogen functional groups attached to an aromatic ring is 1. The van der Waals surface area contributed by atoms with E-state index in [1.807, 2.05) is 0 Å². The highest BCUT2D eigenvalue weighted by atomic mass is 32.2. The van der Waals surface area contributed by atoms with Gasteiger partial charge in [-0.2, -0.15) is 0 Å². The van der Waals surface area contributed by atoms with Gasteiger partial charge in [0.15, 0.2) is 0 Å². The predicted molar refractivity (Wildman–Crippen MR) is 68.4 cm³/mol. The molecule has 0 fully saturated rings. The van der Waals surface area contributed by atoms with Gasteiger partial charge in [0.1, 0.15) is 5.69 Å². The van der Waals surface area contributed by atoms with E-state index in [1.54, 1.807) is 6.07 Å². The molecule has 18 heavy (non-hydrogen) atoms. The van der Waals surface area contributed by atoms with Crippen molar-refractivity contribution in [1.29, 1.82) is 0 Å². The summed E-state index contributed by atoms with van der Waals surface area (Å²) in [6.07, 6.45) is 3.04. The Labute approximate surface area is 106 Å². The molecule has 0 saturated heterocycles. The van der Waals surface area contributed by atoms with E-state index in [9.17, 15) is 13.2 Å². The number of anilines is 1. The maximum Gasteiger partial charge on any atom is 0.269 e. The van der Waals surface area contributed by atoms with Gasteiger partial charge in [0, 0.05) is 25.0 Å². The molecule has 1 rings (SSSR count). The maximum absolute atomic E-state index is 11.6. The van der Waals surface area contributed by atoms with Crippen molar-refractivity contribution < 1.29 is 13.2 Å². The van der Waals surface area contributed by atoms with E-state index in [0.717, 1.165) is 6.26 Å². The van der Waals surface area contributed by atoms with Crippen molar-refractivity contribution in [2.75, 3.05) is 25.1 Å². The first kappa shape index (κ1) is 14.4. The number of rotatable bonds is 6. The molecule has 8 heteroatoms. The van der Waals surface area contributed by atoms with Crippen molar-refractivity contribution in [3.05, 3.63) is 24.0 Å². The predicted octanol–water partition coefficient (Wildman–Crippen LogP) is -0.667. The fourth-order valence-corrected chi connectivity index (χ4v) is 1.72. The molecule has 100 valence electrons. The van der Waals surface area contributed by atoms with Crippen LogP contribution in [0.1, 0.15) is 16.9 Å². The Morgan fingerprint density at radius 2 is 2.17 bits per heavy atom. The van der Waals surface area contributed by atoms with Crippen LogP contribution in [0, 0.1) is 0 Å². The van der Waals surface area contributed by atoms with Crippen LogP contribution in [-0.2, 0) is 10.0 Å². The lowest BCUT2D eigenvalue weighted by Crippen LogP contribution is -2.29. The van der Waals surface area contributed by atoms with Gasteiger partial charge in [-0.25, -0.2) is 13.1 Å². The maximum atomic E-state index is 11.6. The summed E-state index contributed by atoms with van der Waals surface area (Å²) in [5, 5.41) is 2.62. The third kappa shape index (κ3) is 5.60. The lowest BCUT2D eigenvalue weighted by molar-refractivity contribution is 0.0948. The number of nitrogens with two attached hydrogens (primary N) is 1. The van der Waals surface area contributed by atoms with Crippen molar-refractivity contribution in [2.45, 2.75) is 6.42 Å². The molecule has 0 radical (unpaired) electrons. The Kier molecular flexibility index (Phi) is 5.05. The zero-order valence-electron chi connectivity index (χ0n) is 10.0. The summed E-state index contributed by atoms with van der Waals surface area (Å²) in [6.45, 7) is 0.640. The van der Waals surface area contributed by atoms with Gasteiger partial charge in [0.05, 0.1) is 6.26 Å². The largest absolute Gasteiger partial charge is 0.399 e. The van der Waals surface area contributed by atoms with Gasteiger partial charge in [-0.1, -0.05) is 0 Å². The molecule has 0 aliphatic rings. The topological polar surface area (TPSA) is 114 Å². The number of amides is 1. The molecule has 1 aromatic rings. The van der Waals surface area contributed by atoms with Crippen molar-refractivity contribution in [1.82, 2.24) is 15.0 Å². The third-order valence-corrected chi connectivity index (χ3v) is 2.75. The summed E-state index contributed by atoms with van der Waals surface area (Å²) < 4.78 is 23.9. The van der Waals surface area contributed by atoms with Crippen LogP contribution in [0.2, 0.25) is 0 Å². The smallest absolute Gasteiger partial charge is 0.269 e. The molecule has 0 aliphatic carbocycles. The lowest BCUT2D eigenvalue weighted by Gasteiger charge is -2.05. The van der Waals surface area contributed by atoms with E-state index in [-0.39, 0.29) is 18.1 Å². The number of aromatic nitrogens is 1. The first-order valence-corrected chi connectivity index (χ1v) is 7.22. The number of carbonyl (C=O) groups excluding carboxylic acids is 1. The van der Waals surface area contributed by atoms with E-state index in [2.05, 4.69) is 15.0 Å². The van der Waals surface area contributed by atoms with Gasteiger partial charge in [-0.05, 0) is 18.6 Å². The molecule has 0 bridgehead atoms. The summed E-state index contributed by atoms with van der Waals surface area (Å²) in [5.41, 5.74) is 6.23. The zero-order valence-corrected chi connectivity index (χ0v) is 10.8. The van der Waals surface area contributed by atoms with Crippen LogP contribution in [0.3, 0.4) is 0 Å². The number of hydrogen-bond acceptors (Lipinski definition) is 5. The fourth-order valence-electron chi connectivity index (χ4n) is 1.21. The second kappa shape index (κ2) is 6.31. The second-order valence-corrected chi connectivity index (χ2v) is 5.58. The van der Waals surface area contributed by atoms with Gasteiger partial charge in [0.2, 0.25) is 10.0 Å². The molecule has 0 atom stereocenters. The van der Waals surface area contributed by atoms with Crippen LogP contribution in [0.5, 0.6) is 0 Å². The number of carbonyl (C=O) groups is 1. The number of sulfonamides is 1. The molecular formula is C10H16N4O3S. The molecular weight excluding hydrogens is 256 g/mol. The Morgan fingerprint density at radius 3 is 2.78 bits per heavy atom. The summed E-state index contributed by atoms with van der Waals surface area (Å²) in [7, 11) is -3.17. The summed E-state index contributed by atoms with van der Waals surface area (Å²) in [5.74, 6) is -0.332. The van der Waals surface area contributed by atoms with Crippen molar-refractivity contribution in [2.24, 2.45) is 0 Å². The standard InChI is InChI=1S/C10H16N4O3S/c1-18(16,17)14-5-2-4-13-10(15)9-7-8(11)3-6-12-9/h3,6-7,14H,2,4-5H2,1H3,(H2,11,12)(H,13,15). The average Bonchev–Trinajstić information content (AvgIpc) is 2.26. The summed E-state index contributed by atoms with van der Waals surface area (Å²) >= 11 is 0. The lowest BCUT2D eigenvalue weighted by atomic mass is 10.3. The summed E-state index contributed by atoms with van der Waals surface area (Å²) in [6, 6.07) is 3.07.